The van der Waals surface area contributed by atoms with Crippen molar-refractivity contribution >= 4 is 11.6 Å². The molecule has 2 aromatic heterocycles. The Kier molecular flexibility index (Phi) is 2.60. The van der Waals surface area contributed by atoms with Crippen molar-refractivity contribution in [2.24, 2.45) is 5.84 Å². The van der Waals surface area contributed by atoms with Gasteiger partial charge in [-0.3, -0.25) is 15.5 Å². The van der Waals surface area contributed by atoms with Crippen molar-refractivity contribution in [3.05, 3.63) is 34.3 Å². The van der Waals surface area contributed by atoms with Crippen LogP contribution in [0.25, 0.3) is 5.82 Å². The summed E-state index contributed by atoms with van der Waals surface area (Å²) in [6.45, 7) is 0. The lowest BCUT2D eigenvalue weighted by Gasteiger charge is -2.03. The maximum Gasteiger partial charge on any atom is 0.332 e. The van der Waals surface area contributed by atoms with Gasteiger partial charge in [-0.25, -0.2) is 15.5 Å². The summed E-state index contributed by atoms with van der Waals surface area (Å²) >= 11 is 0. The number of hydrazine groups is 1. The number of hydrogen-bond donors (Lipinski definition) is 2. The smallest absolute Gasteiger partial charge is 0.292 e. The Bertz CT molecular complexity index is 635. The second-order valence-electron chi connectivity index (χ2n) is 4.26. The van der Waals surface area contributed by atoms with Crippen molar-refractivity contribution in [3.63, 3.8) is 0 Å². The summed E-state index contributed by atoms with van der Waals surface area (Å²) in [5, 5.41) is 15.3. The fourth-order valence-electron chi connectivity index (χ4n) is 1.79. The van der Waals surface area contributed by atoms with Gasteiger partial charge in [-0.2, -0.15) is 10.1 Å². The van der Waals surface area contributed by atoms with Crippen molar-refractivity contribution in [2.45, 2.75) is 18.8 Å². The van der Waals surface area contributed by atoms with Crippen molar-refractivity contribution in [3.8, 4) is 5.82 Å². The van der Waals surface area contributed by atoms with E-state index in [-0.39, 0.29) is 17.5 Å². The van der Waals surface area contributed by atoms with E-state index in [0.29, 0.717) is 5.92 Å². The van der Waals surface area contributed by atoms with E-state index in [9.17, 15) is 10.1 Å². The van der Waals surface area contributed by atoms with Gasteiger partial charge >= 0.3 is 5.69 Å². The van der Waals surface area contributed by atoms with Crippen LogP contribution in [0.15, 0.2) is 18.5 Å². The molecule has 0 spiro atoms. The summed E-state index contributed by atoms with van der Waals surface area (Å²) in [5.74, 6) is 5.88. The van der Waals surface area contributed by atoms with Crippen molar-refractivity contribution in [1.82, 2.24) is 19.7 Å². The lowest BCUT2D eigenvalue weighted by atomic mass is 10.3. The summed E-state index contributed by atoms with van der Waals surface area (Å²) in [5.41, 5.74) is 2.97. The Morgan fingerprint density at radius 2 is 2.32 bits per heavy atom. The van der Waals surface area contributed by atoms with Crippen LogP contribution < -0.4 is 11.3 Å². The predicted octanol–water partition coefficient (Wildman–Crippen LogP) is 0.733. The van der Waals surface area contributed by atoms with Gasteiger partial charge < -0.3 is 0 Å². The van der Waals surface area contributed by atoms with Crippen LogP contribution in [0.4, 0.5) is 11.6 Å². The number of hydrogen-bond acceptors (Lipinski definition) is 7. The number of anilines is 1. The third-order valence-electron chi connectivity index (χ3n) is 2.90. The molecule has 0 amide bonds. The molecule has 1 aliphatic rings. The van der Waals surface area contributed by atoms with E-state index in [1.807, 2.05) is 6.07 Å². The standard InChI is InChI=1S/C10H11N7O2/c11-14-10-12-5-8(17(18)19)9(13-10)16-4-3-7(15-16)6-1-2-6/h3-6H,1-2,11H2,(H,12,13,14). The van der Waals surface area contributed by atoms with E-state index in [0.717, 1.165) is 24.7 Å². The van der Waals surface area contributed by atoms with Gasteiger partial charge in [0.05, 0.1) is 10.6 Å². The molecule has 1 saturated carbocycles. The first-order chi connectivity index (χ1) is 9.19. The minimum absolute atomic E-state index is 0.0971. The molecule has 0 aromatic carbocycles. The predicted molar refractivity (Wildman–Crippen MR) is 65.6 cm³/mol. The third kappa shape index (κ3) is 2.10. The van der Waals surface area contributed by atoms with Crippen LogP contribution in [0, 0.1) is 10.1 Å². The Labute approximate surface area is 107 Å². The first kappa shape index (κ1) is 11.5. The molecule has 2 aromatic rings. The minimum atomic E-state index is -0.548. The minimum Gasteiger partial charge on any atom is -0.292 e. The van der Waals surface area contributed by atoms with Gasteiger partial charge in [0.2, 0.25) is 11.8 Å². The highest BCUT2D eigenvalue weighted by Gasteiger charge is 2.27. The van der Waals surface area contributed by atoms with Crippen LogP contribution in [-0.4, -0.2) is 24.7 Å². The normalized spacial score (nSPS) is 14.4. The average Bonchev–Trinajstić information content (AvgIpc) is 3.15. The molecule has 0 atom stereocenters. The van der Waals surface area contributed by atoms with Crippen molar-refractivity contribution in [2.75, 3.05) is 5.43 Å². The Morgan fingerprint density at radius 1 is 1.53 bits per heavy atom. The third-order valence-corrected chi connectivity index (χ3v) is 2.90. The SMILES string of the molecule is NNc1ncc([N+](=O)[O-])c(-n2ccc(C3CC3)n2)n1. The van der Waals surface area contributed by atoms with Crippen LogP contribution >= 0.6 is 0 Å². The molecule has 0 unspecified atom stereocenters. The van der Waals surface area contributed by atoms with Crippen LogP contribution in [0.3, 0.4) is 0 Å². The second kappa shape index (κ2) is 4.28. The quantitative estimate of drug-likeness (QED) is 0.472. The highest BCUT2D eigenvalue weighted by molar-refractivity contribution is 5.48. The zero-order chi connectivity index (χ0) is 13.4. The molecule has 0 bridgehead atoms. The van der Waals surface area contributed by atoms with E-state index in [1.165, 1.54) is 4.68 Å². The molecule has 3 rings (SSSR count). The van der Waals surface area contributed by atoms with Gasteiger partial charge in [0.15, 0.2) is 0 Å². The highest BCUT2D eigenvalue weighted by Crippen LogP contribution is 2.39. The fraction of sp³-hybridized carbons (Fsp3) is 0.300. The van der Waals surface area contributed by atoms with Gasteiger partial charge in [-0.05, 0) is 18.9 Å². The molecule has 3 N–H and O–H groups in total. The van der Waals surface area contributed by atoms with E-state index < -0.39 is 4.92 Å². The molecule has 9 nitrogen and oxygen atoms in total. The largest absolute Gasteiger partial charge is 0.332 e. The van der Waals surface area contributed by atoms with Gasteiger partial charge in [0, 0.05) is 12.1 Å². The fourth-order valence-corrected chi connectivity index (χ4v) is 1.79. The van der Waals surface area contributed by atoms with Crippen molar-refractivity contribution in [1.29, 1.82) is 0 Å². The van der Waals surface area contributed by atoms with E-state index >= 15 is 0 Å². The zero-order valence-corrected chi connectivity index (χ0v) is 9.85. The molecule has 19 heavy (non-hydrogen) atoms. The van der Waals surface area contributed by atoms with E-state index in [2.05, 4.69) is 20.5 Å². The summed E-state index contributed by atoms with van der Waals surface area (Å²) in [6.07, 6.45) is 4.98. The van der Waals surface area contributed by atoms with Gasteiger partial charge in [0.1, 0.15) is 6.20 Å². The maximum atomic E-state index is 11.0. The molecule has 98 valence electrons. The lowest BCUT2D eigenvalue weighted by molar-refractivity contribution is -0.385. The Balaban J connectivity index is 2.06. The molecule has 0 radical (unpaired) electrons. The summed E-state index contributed by atoms with van der Waals surface area (Å²) in [7, 11) is 0. The number of rotatable bonds is 4. The molecule has 9 heteroatoms. The molecular weight excluding hydrogens is 250 g/mol. The molecule has 1 fully saturated rings. The molecule has 0 aliphatic heterocycles. The highest BCUT2D eigenvalue weighted by atomic mass is 16.6. The number of nitrogens with zero attached hydrogens (tertiary/aromatic N) is 5. The number of nitrogens with one attached hydrogen (secondary N) is 1. The van der Waals surface area contributed by atoms with E-state index in [1.54, 1.807) is 6.20 Å². The van der Waals surface area contributed by atoms with Gasteiger partial charge in [-0.15, -0.1) is 0 Å². The maximum absolute atomic E-state index is 11.0. The number of nitrogens with two attached hydrogens (primary N) is 1. The summed E-state index contributed by atoms with van der Waals surface area (Å²) < 4.78 is 1.38. The first-order valence-electron chi connectivity index (χ1n) is 5.73. The summed E-state index contributed by atoms with van der Waals surface area (Å²) in [6, 6.07) is 1.85. The van der Waals surface area contributed by atoms with Crippen LogP contribution in [0.5, 0.6) is 0 Å². The van der Waals surface area contributed by atoms with Crippen LogP contribution in [0.2, 0.25) is 0 Å². The molecule has 1 aliphatic carbocycles. The van der Waals surface area contributed by atoms with Gasteiger partial charge in [-0.1, -0.05) is 0 Å². The van der Waals surface area contributed by atoms with E-state index in [4.69, 9.17) is 5.84 Å². The van der Waals surface area contributed by atoms with Crippen LogP contribution in [-0.2, 0) is 0 Å². The topological polar surface area (TPSA) is 125 Å². The second-order valence-corrected chi connectivity index (χ2v) is 4.26. The average molecular weight is 261 g/mol. The molecule has 2 heterocycles. The van der Waals surface area contributed by atoms with Crippen molar-refractivity contribution < 1.29 is 4.92 Å². The Morgan fingerprint density at radius 3 is 2.95 bits per heavy atom. The van der Waals surface area contributed by atoms with Crippen LogP contribution in [0.1, 0.15) is 24.5 Å². The number of nitro groups is 1. The summed E-state index contributed by atoms with van der Waals surface area (Å²) in [4.78, 5) is 18.1. The van der Waals surface area contributed by atoms with Gasteiger partial charge in [0.25, 0.3) is 0 Å². The zero-order valence-electron chi connectivity index (χ0n) is 9.85. The first-order valence-corrected chi connectivity index (χ1v) is 5.73. The number of aromatic nitrogens is 4. The molecular formula is C10H11N7O2. The number of nitrogen functional groups attached to an aromatic ring is 1. The monoisotopic (exact) mass is 261 g/mol. The lowest BCUT2D eigenvalue weighted by Crippen LogP contribution is -2.13. The molecule has 0 saturated heterocycles. The Hall–Kier alpha value is -2.55.